The molecule has 0 aliphatic carbocycles. The van der Waals surface area contributed by atoms with Gasteiger partial charge < -0.3 is 19.8 Å². The quantitative estimate of drug-likeness (QED) is 0.126. The number of amides is 1. The van der Waals surface area contributed by atoms with E-state index in [1.807, 2.05) is 63.7 Å². The number of nitrogens with one attached hydrogen (secondary N) is 2. The van der Waals surface area contributed by atoms with E-state index in [9.17, 15) is 9.59 Å². The number of aryl methyl sites for hydroxylation is 5. The Morgan fingerprint density at radius 3 is 2.39 bits per heavy atom. The molecule has 0 saturated heterocycles. The van der Waals surface area contributed by atoms with E-state index >= 15 is 0 Å². The Bertz CT molecular complexity index is 1880. The van der Waals surface area contributed by atoms with Crippen molar-refractivity contribution in [3.63, 3.8) is 0 Å². The first-order valence-corrected chi connectivity index (χ1v) is 15.0. The van der Waals surface area contributed by atoms with Gasteiger partial charge in [-0.1, -0.05) is 35.3 Å². The van der Waals surface area contributed by atoms with E-state index in [-0.39, 0.29) is 5.91 Å². The molecular weight excluding hydrogens is 599 g/mol. The van der Waals surface area contributed by atoms with Gasteiger partial charge in [-0.05, 0) is 93.6 Å². The van der Waals surface area contributed by atoms with Crippen molar-refractivity contribution >= 4 is 51.7 Å². The van der Waals surface area contributed by atoms with Gasteiger partial charge >= 0.3 is 5.97 Å². The van der Waals surface area contributed by atoms with Crippen LogP contribution in [0.2, 0.25) is 10.0 Å². The number of hydrogen-bond donors (Lipinski definition) is 2. The fraction of sp³-hybridized carbons (Fsp3) is 0.265. The summed E-state index contributed by atoms with van der Waals surface area (Å²) in [5.41, 5.74) is 8.23. The summed E-state index contributed by atoms with van der Waals surface area (Å²) in [5, 5.41) is 9.71. The number of hydrogen-bond acceptors (Lipinski definition) is 5. The lowest BCUT2D eigenvalue weighted by Gasteiger charge is -2.11. The number of benzene rings is 3. The zero-order valence-corrected chi connectivity index (χ0v) is 27.0. The molecule has 2 aromatic heterocycles. The Kier molecular flexibility index (Phi) is 9.04. The van der Waals surface area contributed by atoms with E-state index in [4.69, 9.17) is 32.7 Å². The number of esters is 1. The highest BCUT2D eigenvalue weighted by molar-refractivity contribution is 6.35. The molecule has 2 N–H and O–H groups in total. The minimum atomic E-state index is -0.486. The number of methoxy groups -OCH3 is 1. The number of aromatic nitrogens is 3. The van der Waals surface area contributed by atoms with Crippen LogP contribution >= 0.6 is 23.2 Å². The molecular formula is C34H34Cl2N4O4. The van der Waals surface area contributed by atoms with E-state index < -0.39 is 5.97 Å². The molecule has 0 atom stereocenters. The fourth-order valence-corrected chi connectivity index (χ4v) is 5.95. The number of H-pyrrole nitrogens is 1. The maximum Gasteiger partial charge on any atom is 0.337 e. The SMILES string of the molecule is COC(=O)c1cccc(NC(=O)c2[nH]c3c(-c4c(C)nn(C)c4C)c(Cl)ccc3c2CCCOc2cc(C)c(Cl)c(C)c2)c1. The van der Waals surface area contributed by atoms with Crippen molar-refractivity contribution in [2.24, 2.45) is 7.05 Å². The van der Waals surface area contributed by atoms with Crippen molar-refractivity contribution in [1.29, 1.82) is 0 Å². The van der Waals surface area contributed by atoms with Gasteiger partial charge in [0.1, 0.15) is 11.4 Å². The number of ether oxygens (including phenoxy) is 2. The summed E-state index contributed by atoms with van der Waals surface area (Å²) in [4.78, 5) is 29.3. The minimum absolute atomic E-state index is 0.337. The predicted octanol–water partition coefficient (Wildman–Crippen LogP) is 8.16. The third-order valence-corrected chi connectivity index (χ3v) is 8.72. The first-order chi connectivity index (χ1) is 21.0. The van der Waals surface area contributed by atoms with Gasteiger partial charge in [0.25, 0.3) is 5.91 Å². The lowest BCUT2D eigenvalue weighted by molar-refractivity contribution is 0.0600. The summed E-state index contributed by atoms with van der Waals surface area (Å²) in [5.74, 6) is -0.0758. The summed E-state index contributed by atoms with van der Waals surface area (Å²) in [6.07, 6.45) is 1.21. The average Bonchev–Trinajstić information content (AvgIpc) is 3.49. The molecule has 5 aromatic rings. The van der Waals surface area contributed by atoms with Crippen LogP contribution in [0.1, 0.15) is 55.3 Å². The third kappa shape index (κ3) is 6.05. The number of rotatable bonds is 9. The fourth-order valence-electron chi connectivity index (χ4n) is 5.59. The van der Waals surface area contributed by atoms with Crippen molar-refractivity contribution in [2.75, 3.05) is 19.0 Å². The average molecular weight is 634 g/mol. The van der Waals surface area contributed by atoms with Crippen molar-refractivity contribution in [1.82, 2.24) is 14.8 Å². The molecule has 44 heavy (non-hydrogen) atoms. The van der Waals surface area contributed by atoms with Crippen LogP contribution in [-0.2, 0) is 18.2 Å². The summed E-state index contributed by atoms with van der Waals surface area (Å²) in [6, 6.07) is 14.3. The van der Waals surface area contributed by atoms with Crippen LogP contribution in [0, 0.1) is 27.7 Å². The highest BCUT2D eigenvalue weighted by Crippen LogP contribution is 2.40. The first-order valence-electron chi connectivity index (χ1n) is 14.2. The summed E-state index contributed by atoms with van der Waals surface area (Å²) in [7, 11) is 3.21. The number of carbonyl (C=O) groups excluding carboxylic acids is 2. The molecule has 228 valence electrons. The van der Waals surface area contributed by atoms with Gasteiger partial charge in [0, 0.05) is 40.0 Å². The highest BCUT2D eigenvalue weighted by atomic mass is 35.5. The smallest absolute Gasteiger partial charge is 0.337 e. The number of nitrogens with zero attached hydrogens (tertiary/aromatic N) is 2. The first kappa shape index (κ1) is 31.2. The second-order valence-electron chi connectivity index (χ2n) is 10.8. The van der Waals surface area contributed by atoms with E-state index in [2.05, 4.69) is 15.4 Å². The highest BCUT2D eigenvalue weighted by Gasteiger charge is 2.24. The number of halogens is 2. The van der Waals surface area contributed by atoms with Crippen LogP contribution in [0.25, 0.3) is 22.0 Å². The molecule has 0 fully saturated rings. The lowest BCUT2D eigenvalue weighted by Crippen LogP contribution is -2.15. The van der Waals surface area contributed by atoms with Crippen molar-refractivity contribution < 1.29 is 19.1 Å². The van der Waals surface area contributed by atoms with E-state index in [0.717, 1.165) is 60.9 Å². The molecule has 10 heteroatoms. The van der Waals surface area contributed by atoms with Crippen molar-refractivity contribution in [2.45, 2.75) is 40.5 Å². The topological polar surface area (TPSA) is 98.2 Å². The molecule has 2 heterocycles. The number of anilines is 1. The van der Waals surface area contributed by atoms with Crippen LogP contribution in [0.3, 0.4) is 0 Å². The number of aromatic amines is 1. The van der Waals surface area contributed by atoms with Crippen LogP contribution in [0.15, 0.2) is 48.5 Å². The standard InChI is InChI=1S/C34H34Cl2N4O4/c1-18-15-24(16-19(2)30(18)36)44-14-8-11-25-26-12-13-27(35)29(28-20(3)39-40(5)21(28)4)31(26)38-32(25)33(41)37-23-10-7-9-22(17-23)34(42)43-6/h7,9-10,12-13,15-17,38H,8,11,14H2,1-6H3,(H,37,41). The zero-order valence-electron chi connectivity index (χ0n) is 25.5. The largest absolute Gasteiger partial charge is 0.494 e. The maximum absolute atomic E-state index is 13.8. The second-order valence-corrected chi connectivity index (χ2v) is 11.6. The van der Waals surface area contributed by atoms with Gasteiger partial charge in [0.15, 0.2) is 0 Å². The molecule has 0 spiro atoms. The molecule has 0 radical (unpaired) electrons. The molecule has 1 amide bonds. The lowest BCUT2D eigenvalue weighted by atomic mass is 9.98. The molecule has 0 unspecified atom stereocenters. The Balaban J connectivity index is 1.52. The molecule has 5 rings (SSSR count). The normalized spacial score (nSPS) is 11.2. The summed E-state index contributed by atoms with van der Waals surface area (Å²) in [6.45, 7) is 8.29. The maximum atomic E-state index is 13.8. The van der Waals surface area contributed by atoms with Crippen LogP contribution in [0.5, 0.6) is 5.75 Å². The Morgan fingerprint density at radius 1 is 1.00 bits per heavy atom. The van der Waals surface area contributed by atoms with E-state index in [1.165, 1.54) is 7.11 Å². The number of fused-ring (bicyclic) bond motifs is 1. The van der Waals surface area contributed by atoms with Gasteiger partial charge in [-0.15, -0.1) is 0 Å². The van der Waals surface area contributed by atoms with E-state index in [1.54, 1.807) is 24.3 Å². The molecule has 3 aromatic carbocycles. The van der Waals surface area contributed by atoms with E-state index in [0.29, 0.717) is 41.4 Å². The van der Waals surface area contributed by atoms with Crippen LogP contribution < -0.4 is 10.1 Å². The van der Waals surface area contributed by atoms with Gasteiger partial charge in [-0.2, -0.15) is 5.10 Å². The van der Waals surface area contributed by atoms with Crippen LogP contribution in [0.4, 0.5) is 5.69 Å². The Labute approximate surface area is 266 Å². The van der Waals surface area contributed by atoms with Gasteiger partial charge in [0.05, 0.1) is 35.5 Å². The minimum Gasteiger partial charge on any atom is -0.494 e. The monoisotopic (exact) mass is 632 g/mol. The number of carbonyl (C=O) groups is 2. The Morgan fingerprint density at radius 2 is 1.73 bits per heavy atom. The molecule has 0 aliphatic rings. The summed E-state index contributed by atoms with van der Waals surface area (Å²) >= 11 is 13.1. The molecule has 0 saturated carbocycles. The second kappa shape index (κ2) is 12.8. The van der Waals surface area contributed by atoms with Crippen LogP contribution in [-0.4, -0.2) is 40.4 Å². The van der Waals surface area contributed by atoms with Crippen molar-refractivity contribution in [3.8, 4) is 16.9 Å². The molecule has 0 aliphatic heterocycles. The zero-order chi connectivity index (χ0) is 31.7. The molecule has 8 nitrogen and oxygen atoms in total. The predicted molar refractivity (Wildman–Crippen MR) is 175 cm³/mol. The third-order valence-electron chi connectivity index (χ3n) is 7.81. The van der Waals surface area contributed by atoms with Gasteiger partial charge in [0.2, 0.25) is 0 Å². The van der Waals surface area contributed by atoms with Crippen molar-refractivity contribution in [3.05, 3.63) is 97.9 Å². The molecule has 0 bridgehead atoms. The summed E-state index contributed by atoms with van der Waals surface area (Å²) < 4.78 is 12.7. The van der Waals surface area contributed by atoms with Gasteiger partial charge in [-0.25, -0.2) is 4.79 Å². The van der Waals surface area contributed by atoms with Gasteiger partial charge in [-0.3, -0.25) is 9.48 Å². The Hall–Kier alpha value is -4.27.